The summed E-state index contributed by atoms with van der Waals surface area (Å²) in [7, 11) is 0. The number of thiophene rings is 1. The molecule has 0 amide bonds. The lowest BCUT2D eigenvalue weighted by molar-refractivity contribution is 0.102. The van der Waals surface area contributed by atoms with Gasteiger partial charge >= 0.3 is 0 Å². The highest BCUT2D eigenvalue weighted by Gasteiger charge is 2.18. The molecule has 2 aromatic rings. The van der Waals surface area contributed by atoms with Gasteiger partial charge in [0.05, 0.1) is 9.90 Å². The average Bonchev–Trinajstić information content (AvgIpc) is 2.87. The molecule has 0 radical (unpaired) electrons. The van der Waals surface area contributed by atoms with Gasteiger partial charge in [-0.3, -0.25) is 4.79 Å². The summed E-state index contributed by atoms with van der Waals surface area (Å²) >= 11 is 7.28. The van der Waals surface area contributed by atoms with Crippen molar-refractivity contribution < 1.29 is 4.79 Å². The Labute approximate surface area is 103 Å². The van der Waals surface area contributed by atoms with Gasteiger partial charge in [-0.15, -0.1) is 11.3 Å². The van der Waals surface area contributed by atoms with Crippen molar-refractivity contribution in [2.45, 2.75) is 19.9 Å². The van der Waals surface area contributed by atoms with E-state index in [4.69, 9.17) is 11.6 Å². The Balaban J connectivity index is 2.34. The van der Waals surface area contributed by atoms with Crippen LogP contribution in [0.15, 0.2) is 23.8 Å². The third kappa shape index (κ3) is 2.03. The maximum atomic E-state index is 12.1. The van der Waals surface area contributed by atoms with Gasteiger partial charge in [0.25, 0.3) is 0 Å². The molecule has 0 unspecified atom stereocenters. The molecule has 0 aliphatic heterocycles. The van der Waals surface area contributed by atoms with Gasteiger partial charge in [-0.05, 0) is 17.9 Å². The van der Waals surface area contributed by atoms with Crippen LogP contribution in [0.5, 0.6) is 0 Å². The van der Waals surface area contributed by atoms with Crippen LogP contribution in [0.3, 0.4) is 0 Å². The van der Waals surface area contributed by atoms with E-state index in [1.54, 1.807) is 12.3 Å². The largest absolute Gasteiger partial charge is 0.328 e. The molecule has 2 heterocycles. The molecule has 2 rings (SSSR count). The fourth-order valence-corrected chi connectivity index (χ4v) is 2.57. The summed E-state index contributed by atoms with van der Waals surface area (Å²) in [6, 6.07) is 1.73. The molecule has 16 heavy (non-hydrogen) atoms. The van der Waals surface area contributed by atoms with Crippen molar-refractivity contribution >= 4 is 28.7 Å². The van der Waals surface area contributed by atoms with Gasteiger partial charge in [-0.25, -0.2) is 4.98 Å². The maximum Gasteiger partial charge on any atom is 0.239 e. The van der Waals surface area contributed by atoms with Crippen LogP contribution in [-0.2, 0) is 6.54 Å². The quantitative estimate of drug-likeness (QED) is 0.785. The van der Waals surface area contributed by atoms with Crippen molar-refractivity contribution in [2.24, 2.45) is 0 Å². The molecular formula is C11H11ClN2OS. The number of carbonyl (C=O) groups excluding carboxylic acids is 1. The normalized spacial score (nSPS) is 10.6. The second-order valence-electron chi connectivity index (χ2n) is 3.37. The lowest BCUT2D eigenvalue weighted by Crippen LogP contribution is -2.10. The number of nitrogens with zero attached hydrogens (tertiary/aromatic N) is 2. The van der Waals surface area contributed by atoms with E-state index >= 15 is 0 Å². The van der Waals surface area contributed by atoms with Crippen molar-refractivity contribution in [2.75, 3.05) is 0 Å². The van der Waals surface area contributed by atoms with Crippen molar-refractivity contribution in [1.29, 1.82) is 0 Å². The van der Waals surface area contributed by atoms with Crippen LogP contribution in [0, 0.1) is 0 Å². The molecule has 0 N–H and O–H groups in total. The van der Waals surface area contributed by atoms with Crippen LogP contribution in [-0.4, -0.2) is 15.3 Å². The first kappa shape index (κ1) is 11.4. The van der Waals surface area contributed by atoms with Crippen molar-refractivity contribution in [3.05, 3.63) is 39.6 Å². The average molecular weight is 255 g/mol. The van der Waals surface area contributed by atoms with Crippen LogP contribution in [0.25, 0.3) is 0 Å². The maximum absolute atomic E-state index is 12.1. The molecule has 5 heteroatoms. The number of ketones is 1. The summed E-state index contributed by atoms with van der Waals surface area (Å²) in [6.45, 7) is 2.86. The second kappa shape index (κ2) is 4.80. The van der Waals surface area contributed by atoms with Gasteiger partial charge in [-0.1, -0.05) is 18.5 Å². The Morgan fingerprint density at radius 2 is 2.44 bits per heavy atom. The fourth-order valence-electron chi connectivity index (χ4n) is 1.50. The minimum Gasteiger partial charge on any atom is -0.328 e. The predicted octanol–water partition coefficient (Wildman–Crippen LogP) is 3.24. The SMILES string of the molecule is CCCn1ccnc1C(=O)c1sccc1Cl. The molecule has 0 saturated heterocycles. The topological polar surface area (TPSA) is 34.9 Å². The molecule has 0 saturated carbocycles. The first-order chi connectivity index (χ1) is 7.74. The van der Waals surface area contributed by atoms with E-state index in [9.17, 15) is 4.79 Å². The number of rotatable bonds is 4. The van der Waals surface area contributed by atoms with Crippen LogP contribution >= 0.6 is 22.9 Å². The number of imidazole rings is 1. The third-order valence-corrected chi connectivity index (χ3v) is 3.55. The zero-order chi connectivity index (χ0) is 11.5. The van der Waals surface area contributed by atoms with Gasteiger partial charge < -0.3 is 4.57 Å². The number of aromatic nitrogens is 2. The highest BCUT2D eigenvalue weighted by Crippen LogP contribution is 2.24. The Morgan fingerprint density at radius 1 is 1.62 bits per heavy atom. The van der Waals surface area contributed by atoms with Gasteiger partial charge in [-0.2, -0.15) is 0 Å². The summed E-state index contributed by atoms with van der Waals surface area (Å²) in [5.41, 5.74) is 0. The van der Waals surface area contributed by atoms with Crippen molar-refractivity contribution in [1.82, 2.24) is 9.55 Å². The summed E-state index contributed by atoms with van der Waals surface area (Å²) in [4.78, 5) is 16.8. The Morgan fingerprint density at radius 3 is 3.06 bits per heavy atom. The van der Waals surface area contributed by atoms with E-state index in [-0.39, 0.29) is 5.78 Å². The van der Waals surface area contributed by atoms with Crippen molar-refractivity contribution in [3.8, 4) is 0 Å². The van der Waals surface area contributed by atoms with E-state index < -0.39 is 0 Å². The number of carbonyl (C=O) groups is 1. The summed E-state index contributed by atoms with van der Waals surface area (Å²) in [5, 5.41) is 2.31. The molecular weight excluding hydrogens is 244 g/mol. The Hall–Kier alpha value is -1.13. The highest BCUT2D eigenvalue weighted by molar-refractivity contribution is 7.13. The van der Waals surface area contributed by atoms with Gasteiger partial charge in [0, 0.05) is 18.9 Å². The molecule has 0 aromatic carbocycles. The predicted molar refractivity (Wildman–Crippen MR) is 65.3 cm³/mol. The lowest BCUT2D eigenvalue weighted by atomic mass is 10.3. The van der Waals surface area contributed by atoms with E-state index in [0.717, 1.165) is 13.0 Å². The minimum absolute atomic E-state index is 0.0987. The van der Waals surface area contributed by atoms with Gasteiger partial charge in [0.1, 0.15) is 0 Å². The van der Waals surface area contributed by atoms with Gasteiger partial charge in [0.15, 0.2) is 5.82 Å². The zero-order valence-electron chi connectivity index (χ0n) is 8.81. The highest BCUT2D eigenvalue weighted by atomic mass is 35.5. The molecule has 0 fully saturated rings. The first-order valence-electron chi connectivity index (χ1n) is 5.03. The molecule has 84 valence electrons. The smallest absolute Gasteiger partial charge is 0.239 e. The van der Waals surface area contributed by atoms with Crippen LogP contribution in [0.2, 0.25) is 5.02 Å². The minimum atomic E-state index is -0.0987. The third-order valence-electron chi connectivity index (χ3n) is 2.21. The number of aryl methyl sites for hydroxylation is 1. The summed E-state index contributed by atoms with van der Waals surface area (Å²) < 4.78 is 1.86. The molecule has 0 aliphatic rings. The van der Waals surface area contributed by atoms with E-state index in [1.165, 1.54) is 11.3 Å². The molecule has 0 bridgehead atoms. The first-order valence-corrected chi connectivity index (χ1v) is 6.28. The summed E-state index contributed by atoms with van der Waals surface area (Å²) in [6.07, 6.45) is 4.43. The molecule has 0 aliphatic carbocycles. The Kier molecular flexibility index (Phi) is 3.41. The van der Waals surface area contributed by atoms with Crippen LogP contribution in [0.4, 0.5) is 0 Å². The van der Waals surface area contributed by atoms with E-state index in [0.29, 0.717) is 15.7 Å². The van der Waals surface area contributed by atoms with Crippen molar-refractivity contribution in [3.63, 3.8) is 0 Å². The molecule has 2 aromatic heterocycles. The zero-order valence-corrected chi connectivity index (χ0v) is 10.4. The van der Waals surface area contributed by atoms with E-state index in [2.05, 4.69) is 11.9 Å². The van der Waals surface area contributed by atoms with Crippen LogP contribution < -0.4 is 0 Å². The molecule has 0 spiro atoms. The summed E-state index contributed by atoms with van der Waals surface area (Å²) in [5.74, 6) is 0.365. The van der Waals surface area contributed by atoms with Crippen LogP contribution in [0.1, 0.15) is 28.8 Å². The number of hydrogen-bond acceptors (Lipinski definition) is 3. The monoisotopic (exact) mass is 254 g/mol. The standard InChI is InChI=1S/C11H11ClN2OS/c1-2-5-14-6-4-13-11(14)9(15)10-8(12)3-7-16-10/h3-4,6-7H,2,5H2,1H3. The molecule has 3 nitrogen and oxygen atoms in total. The second-order valence-corrected chi connectivity index (χ2v) is 4.69. The van der Waals surface area contributed by atoms with E-state index in [1.807, 2.05) is 16.1 Å². The lowest BCUT2D eigenvalue weighted by Gasteiger charge is -2.04. The fraction of sp³-hybridized carbons (Fsp3) is 0.273. The molecule has 0 atom stereocenters. The number of hydrogen-bond donors (Lipinski definition) is 0. The Bertz CT molecular complexity index is 504. The number of halogens is 1. The van der Waals surface area contributed by atoms with Gasteiger partial charge in [0.2, 0.25) is 5.78 Å².